The van der Waals surface area contributed by atoms with Crippen molar-refractivity contribution in [1.82, 2.24) is 9.97 Å². The molecule has 1 N–H and O–H groups in total. The van der Waals surface area contributed by atoms with Crippen molar-refractivity contribution >= 4 is 38.6 Å². The van der Waals surface area contributed by atoms with Gasteiger partial charge in [-0.3, -0.25) is 0 Å². The summed E-state index contributed by atoms with van der Waals surface area (Å²) in [6.45, 7) is 0. The summed E-state index contributed by atoms with van der Waals surface area (Å²) >= 11 is 9.41. The predicted molar refractivity (Wildman–Crippen MR) is 84.6 cm³/mol. The monoisotopic (exact) mass is 350 g/mol. The van der Waals surface area contributed by atoms with E-state index in [0.29, 0.717) is 0 Å². The third-order valence-electron chi connectivity index (χ3n) is 3.08. The van der Waals surface area contributed by atoms with Gasteiger partial charge < -0.3 is 9.72 Å². The number of ether oxygens (including phenoxy) is 1. The molecule has 0 aliphatic rings. The molecule has 0 amide bonds. The van der Waals surface area contributed by atoms with E-state index in [4.69, 9.17) is 16.3 Å². The summed E-state index contributed by atoms with van der Waals surface area (Å²) in [6, 6.07) is 11.6. The molecule has 5 heteroatoms. The zero-order valence-electron chi connectivity index (χ0n) is 10.8. The molecule has 0 atom stereocenters. The van der Waals surface area contributed by atoms with Crippen LogP contribution in [0.2, 0.25) is 5.02 Å². The van der Waals surface area contributed by atoms with Gasteiger partial charge in [-0.25, -0.2) is 4.98 Å². The second-order valence-corrected chi connectivity index (χ2v) is 5.78. The first-order chi connectivity index (χ1) is 9.65. The van der Waals surface area contributed by atoms with Crippen molar-refractivity contribution in [2.45, 2.75) is 6.42 Å². The third-order valence-corrected chi connectivity index (χ3v) is 3.94. The molecule has 1 aromatic heterocycles. The van der Waals surface area contributed by atoms with Crippen molar-refractivity contribution in [2.75, 3.05) is 7.11 Å². The SMILES string of the molecule is COc1cc(Br)c2nc(Cc3ccc(Cl)cc3)[nH]c2c1. The molecule has 102 valence electrons. The highest BCUT2D eigenvalue weighted by molar-refractivity contribution is 9.10. The maximum absolute atomic E-state index is 5.89. The first kappa shape index (κ1) is 13.5. The summed E-state index contributed by atoms with van der Waals surface area (Å²) in [6.07, 6.45) is 0.737. The van der Waals surface area contributed by atoms with Gasteiger partial charge in [0.25, 0.3) is 0 Å². The Morgan fingerprint density at radius 3 is 2.70 bits per heavy atom. The van der Waals surface area contributed by atoms with E-state index in [1.807, 2.05) is 36.4 Å². The van der Waals surface area contributed by atoms with Crippen molar-refractivity contribution in [3.8, 4) is 5.75 Å². The Labute approximate surface area is 130 Å². The minimum Gasteiger partial charge on any atom is -0.497 e. The van der Waals surface area contributed by atoms with Crippen LogP contribution in [0.15, 0.2) is 40.9 Å². The highest BCUT2D eigenvalue weighted by Crippen LogP contribution is 2.28. The first-order valence-electron chi connectivity index (χ1n) is 6.12. The molecule has 0 spiro atoms. The van der Waals surface area contributed by atoms with Gasteiger partial charge in [0.2, 0.25) is 0 Å². The van der Waals surface area contributed by atoms with Crippen LogP contribution in [0.1, 0.15) is 11.4 Å². The van der Waals surface area contributed by atoms with Gasteiger partial charge in [-0.15, -0.1) is 0 Å². The number of nitrogens with one attached hydrogen (secondary N) is 1. The van der Waals surface area contributed by atoms with Gasteiger partial charge in [0, 0.05) is 22.0 Å². The second kappa shape index (κ2) is 5.46. The summed E-state index contributed by atoms with van der Waals surface area (Å²) in [4.78, 5) is 7.93. The lowest BCUT2D eigenvalue weighted by molar-refractivity contribution is 0.415. The molecule has 0 aliphatic carbocycles. The molecule has 2 aromatic carbocycles. The Bertz CT molecular complexity index is 752. The van der Waals surface area contributed by atoms with Gasteiger partial charge in [0.05, 0.1) is 12.6 Å². The van der Waals surface area contributed by atoms with E-state index in [1.165, 1.54) is 0 Å². The number of halogens is 2. The Morgan fingerprint density at radius 1 is 1.25 bits per heavy atom. The van der Waals surface area contributed by atoms with Crippen molar-refractivity contribution < 1.29 is 4.74 Å². The van der Waals surface area contributed by atoms with Crippen LogP contribution >= 0.6 is 27.5 Å². The van der Waals surface area contributed by atoms with E-state index in [9.17, 15) is 0 Å². The van der Waals surface area contributed by atoms with Gasteiger partial charge in [-0.05, 0) is 39.7 Å². The summed E-state index contributed by atoms with van der Waals surface area (Å²) in [5, 5.41) is 0.742. The zero-order valence-corrected chi connectivity index (χ0v) is 13.1. The van der Waals surface area contributed by atoms with E-state index < -0.39 is 0 Å². The number of aromatic amines is 1. The minimum atomic E-state index is 0.737. The molecule has 3 rings (SSSR count). The highest BCUT2D eigenvalue weighted by Gasteiger charge is 2.09. The number of imidazole rings is 1. The molecule has 0 bridgehead atoms. The lowest BCUT2D eigenvalue weighted by Gasteiger charge is -1.99. The van der Waals surface area contributed by atoms with E-state index in [-0.39, 0.29) is 0 Å². The highest BCUT2D eigenvalue weighted by atomic mass is 79.9. The molecule has 0 unspecified atom stereocenters. The molecule has 3 nitrogen and oxygen atoms in total. The summed E-state index contributed by atoms with van der Waals surface area (Å²) in [7, 11) is 1.65. The van der Waals surface area contributed by atoms with Gasteiger partial charge in [0.1, 0.15) is 17.1 Å². The van der Waals surface area contributed by atoms with Crippen LogP contribution < -0.4 is 4.74 Å². The molecule has 3 aromatic rings. The van der Waals surface area contributed by atoms with E-state index in [0.717, 1.165) is 44.1 Å². The first-order valence-corrected chi connectivity index (χ1v) is 7.29. The number of nitrogens with zero attached hydrogens (tertiary/aromatic N) is 1. The van der Waals surface area contributed by atoms with Crippen LogP contribution in [-0.2, 0) is 6.42 Å². The summed E-state index contributed by atoms with van der Waals surface area (Å²) in [5.74, 6) is 1.71. The largest absolute Gasteiger partial charge is 0.497 e. The molecular weight excluding hydrogens is 340 g/mol. The Morgan fingerprint density at radius 2 is 2.00 bits per heavy atom. The molecule has 0 saturated carbocycles. The minimum absolute atomic E-state index is 0.737. The fraction of sp³-hybridized carbons (Fsp3) is 0.133. The normalized spacial score (nSPS) is 10.9. The summed E-state index contributed by atoms with van der Waals surface area (Å²) in [5.41, 5.74) is 3.03. The molecule has 0 saturated heterocycles. The Kier molecular flexibility index (Phi) is 3.68. The van der Waals surface area contributed by atoms with Crippen molar-refractivity contribution in [3.05, 3.63) is 57.3 Å². The summed E-state index contributed by atoms with van der Waals surface area (Å²) < 4.78 is 6.17. The van der Waals surface area contributed by atoms with Gasteiger partial charge in [-0.1, -0.05) is 23.7 Å². The lowest BCUT2D eigenvalue weighted by Crippen LogP contribution is -1.89. The van der Waals surface area contributed by atoms with Crippen LogP contribution in [0, 0.1) is 0 Å². The van der Waals surface area contributed by atoms with Gasteiger partial charge in [0.15, 0.2) is 0 Å². The molecule has 0 aliphatic heterocycles. The molecule has 0 radical (unpaired) electrons. The molecular formula is C15H12BrClN2O. The van der Waals surface area contributed by atoms with E-state index >= 15 is 0 Å². The standard InChI is InChI=1S/C15H12BrClN2O/c1-20-11-7-12(16)15-13(8-11)18-14(19-15)6-9-2-4-10(17)5-3-9/h2-5,7-8H,6H2,1H3,(H,18,19). The molecule has 1 heterocycles. The average molecular weight is 352 g/mol. The Balaban J connectivity index is 1.96. The quantitative estimate of drug-likeness (QED) is 0.750. The number of benzene rings is 2. The number of hydrogen-bond donors (Lipinski definition) is 1. The topological polar surface area (TPSA) is 37.9 Å². The van der Waals surface area contributed by atoms with Crippen LogP contribution in [0.3, 0.4) is 0 Å². The second-order valence-electron chi connectivity index (χ2n) is 4.49. The number of H-pyrrole nitrogens is 1. The average Bonchev–Trinajstić information content (AvgIpc) is 2.84. The van der Waals surface area contributed by atoms with E-state index in [1.54, 1.807) is 7.11 Å². The Hall–Kier alpha value is -1.52. The van der Waals surface area contributed by atoms with E-state index in [2.05, 4.69) is 25.9 Å². The zero-order chi connectivity index (χ0) is 14.1. The number of methoxy groups -OCH3 is 1. The van der Waals surface area contributed by atoms with Gasteiger partial charge in [-0.2, -0.15) is 0 Å². The van der Waals surface area contributed by atoms with Crippen molar-refractivity contribution in [3.63, 3.8) is 0 Å². The molecule has 20 heavy (non-hydrogen) atoms. The van der Waals surface area contributed by atoms with Crippen molar-refractivity contribution in [1.29, 1.82) is 0 Å². The molecule has 0 fully saturated rings. The third kappa shape index (κ3) is 2.67. The fourth-order valence-corrected chi connectivity index (χ4v) is 2.75. The van der Waals surface area contributed by atoms with Crippen LogP contribution in [-0.4, -0.2) is 17.1 Å². The van der Waals surface area contributed by atoms with Crippen LogP contribution in [0.25, 0.3) is 11.0 Å². The maximum atomic E-state index is 5.89. The number of hydrogen-bond acceptors (Lipinski definition) is 2. The number of fused-ring (bicyclic) bond motifs is 1. The fourth-order valence-electron chi connectivity index (χ4n) is 2.10. The van der Waals surface area contributed by atoms with Crippen molar-refractivity contribution in [2.24, 2.45) is 0 Å². The number of rotatable bonds is 3. The van der Waals surface area contributed by atoms with Gasteiger partial charge >= 0.3 is 0 Å². The maximum Gasteiger partial charge on any atom is 0.122 e. The predicted octanol–water partition coefficient (Wildman–Crippen LogP) is 4.58. The van der Waals surface area contributed by atoms with Crippen LogP contribution in [0.5, 0.6) is 5.75 Å². The smallest absolute Gasteiger partial charge is 0.122 e. The number of aromatic nitrogens is 2. The van der Waals surface area contributed by atoms with Crippen LogP contribution in [0.4, 0.5) is 0 Å². The lowest BCUT2D eigenvalue weighted by atomic mass is 10.1.